The molecule has 0 aliphatic carbocycles. The van der Waals surface area contributed by atoms with E-state index in [1.54, 1.807) is 48.5 Å². The monoisotopic (exact) mass is 412 g/mol. The van der Waals surface area contributed by atoms with Gasteiger partial charge in [0.2, 0.25) is 5.78 Å². The van der Waals surface area contributed by atoms with Crippen LogP contribution in [0.1, 0.15) is 41.6 Å². The quantitative estimate of drug-likeness (QED) is 0.449. The first-order chi connectivity index (χ1) is 13.8. The van der Waals surface area contributed by atoms with E-state index in [0.717, 1.165) is 0 Å². The van der Waals surface area contributed by atoms with Crippen LogP contribution < -0.4 is 5.56 Å². The lowest BCUT2D eigenvalue weighted by Crippen LogP contribution is -2.30. The van der Waals surface area contributed by atoms with Crippen LogP contribution in [0.4, 0.5) is 0 Å². The zero-order valence-corrected chi connectivity index (χ0v) is 17.1. The highest BCUT2D eigenvalue weighted by Gasteiger charge is 2.24. The molecule has 1 atom stereocenters. The van der Waals surface area contributed by atoms with E-state index in [4.69, 9.17) is 16.3 Å². The van der Waals surface area contributed by atoms with Gasteiger partial charge in [0.25, 0.3) is 5.56 Å². The van der Waals surface area contributed by atoms with Crippen molar-refractivity contribution in [3.63, 3.8) is 0 Å². The summed E-state index contributed by atoms with van der Waals surface area (Å²) in [5, 5.41) is 5.52. The van der Waals surface area contributed by atoms with Crippen LogP contribution >= 0.6 is 11.6 Å². The van der Waals surface area contributed by atoms with Crippen molar-refractivity contribution in [2.75, 3.05) is 0 Å². The minimum atomic E-state index is -1.02. The average molecular weight is 413 g/mol. The molecular formula is C22H21ClN2O4. The maximum atomic E-state index is 12.8. The molecular weight excluding hydrogens is 392 g/mol. The average Bonchev–Trinajstić information content (AvgIpc) is 2.69. The zero-order valence-electron chi connectivity index (χ0n) is 16.4. The van der Waals surface area contributed by atoms with Crippen molar-refractivity contribution >= 4 is 34.1 Å². The van der Waals surface area contributed by atoms with Gasteiger partial charge in [0.05, 0.1) is 5.39 Å². The number of carbonyl (C=O) groups excluding carboxylic acids is 2. The first kappa shape index (κ1) is 20.7. The maximum Gasteiger partial charge on any atom is 0.360 e. The summed E-state index contributed by atoms with van der Waals surface area (Å²) in [5.41, 5.74) is 0.130. The summed E-state index contributed by atoms with van der Waals surface area (Å²) in [6.07, 6.45) is -1.02. The van der Waals surface area contributed by atoms with E-state index in [9.17, 15) is 14.4 Å². The number of hydrogen-bond donors (Lipinski definition) is 0. The molecule has 0 aliphatic heterocycles. The molecule has 0 saturated heterocycles. The van der Waals surface area contributed by atoms with E-state index in [1.807, 2.05) is 13.8 Å². The van der Waals surface area contributed by atoms with Gasteiger partial charge in [-0.15, -0.1) is 0 Å². The van der Waals surface area contributed by atoms with E-state index in [2.05, 4.69) is 5.10 Å². The molecule has 1 aromatic heterocycles. The molecule has 3 aromatic rings. The molecule has 0 radical (unpaired) electrons. The molecule has 1 heterocycles. The van der Waals surface area contributed by atoms with Crippen LogP contribution in [0.25, 0.3) is 10.8 Å². The topological polar surface area (TPSA) is 78.3 Å². The Morgan fingerprint density at radius 1 is 1.03 bits per heavy atom. The summed E-state index contributed by atoms with van der Waals surface area (Å²) in [6, 6.07) is 13.1. The van der Waals surface area contributed by atoms with Crippen molar-refractivity contribution in [1.82, 2.24) is 9.78 Å². The molecule has 0 fully saturated rings. The molecule has 29 heavy (non-hydrogen) atoms. The minimum absolute atomic E-state index is 0.0107. The maximum absolute atomic E-state index is 12.8. The fraction of sp³-hybridized carbons (Fsp3) is 0.273. The van der Waals surface area contributed by atoms with Gasteiger partial charge in [0.15, 0.2) is 11.8 Å². The Morgan fingerprint density at radius 2 is 1.66 bits per heavy atom. The highest BCUT2D eigenvalue weighted by Crippen LogP contribution is 2.17. The van der Waals surface area contributed by atoms with Gasteiger partial charge in [-0.2, -0.15) is 5.10 Å². The second-order valence-electron chi connectivity index (χ2n) is 7.19. The number of ketones is 1. The Kier molecular flexibility index (Phi) is 6.13. The third kappa shape index (κ3) is 4.54. The normalized spacial score (nSPS) is 12.2. The predicted octanol–water partition coefficient (Wildman–Crippen LogP) is 4.13. The number of hydrogen-bond acceptors (Lipinski definition) is 5. The van der Waals surface area contributed by atoms with Crippen molar-refractivity contribution in [1.29, 1.82) is 0 Å². The number of fused-ring (bicyclic) bond motifs is 1. The molecule has 3 rings (SSSR count). The van der Waals surface area contributed by atoms with E-state index in [-0.39, 0.29) is 23.0 Å². The van der Waals surface area contributed by atoms with E-state index < -0.39 is 12.1 Å². The highest BCUT2D eigenvalue weighted by atomic mass is 35.5. The molecule has 0 saturated carbocycles. The first-order valence-corrected chi connectivity index (χ1v) is 9.66. The molecule has 6 nitrogen and oxygen atoms in total. The molecule has 0 amide bonds. The molecule has 0 unspecified atom stereocenters. The van der Waals surface area contributed by atoms with Gasteiger partial charge in [0, 0.05) is 22.5 Å². The zero-order chi connectivity index (χ0) is 21.1. The lowest BCUT2D eigenvalue weighted by Gasteiger charge is -2.15. The van der Waals surface area contributed by atoms with Crippen molar-refractivity contribution in [2.45, 2.75) is 33.4 Å². The number of rotatable bonds is 6. The Hall–Kier alpha value is -2.99. The Labute approximate surface area is 173 Å². The third-order valence-electron chi connectivity index (χ3n) is 4.38. The van der Waals surface area contributed by atoms with Gasteiger partial charge < -0.3 is 4.74 Å². The van der Waals surface area contributed by atoms with Crippen LogP contribution in [0.5, 0.6) is 0 Å². The number of halogens is 1. The summed E-state index contributed by atoms with van der Waals surface area (Å²) >= 11 is 5.85. The lowest BCUT2D eigenvalue weighted by atomic mass is 10.1. The Bertz CT molecular complexity index is 1120. The summed E-state index contributed by atoms with van der Waals surface area (Å²) < 4.78 is 6.66. The smallest absolute Gasteiger partial charge is 0.360 e. The largest absolute Gasteiger partial charge is 0.449 e. The van der Waals surface area contributed by atoms with Gasteiger partial charge >= 0.3 is 5.97 Å². The predicted molar refractivity (Wildman–Crippen MR) is 112 cm³/mol. The van der Waals surface area contributed by atoms with Crippen molar-refractivity contribution in [3.05, 3.63) is 75.2 Å². The van der Waals surface area contributed by atoms with Gasteiger partial charge in [0.1, 0.15) is 0 Å². The van der Waals surface area contributed by atoms with Crippen molar-refractivity contribution in [3.8, 4) is 0 Å². The van der Waals surface area contributed by atoms with Gasteiger partial charge in [-0.25, -0.2) is 9.48 Å². The Morgan fingerprint density at radius 3 is 2.28 bits per heavy atom. The van der Waals surface area contributed by atoms with Gasteiger partial charge in [-0.05, 0) is 43.2 Å². The fourth-order valence-electron chi connectivity index (χ4n) is 2.97. The number of nitrogens with zero attached hydrogens (tertiary/aromatic N) is 2. The number of aromatic nitrogens is 2. The first-order valence-electron chi connectivity index (χ1n) is 9.28. The van der Waals surface area contributed by atoms with Crippen LogP contribution in [0.2, 0.25) is 5.02 Å². The molecule has 0 bridgehead atoms. The number of benzene rings is 2. The minimum Gasteiger partial charge on any atom is -0.449 e. The summed E-state index contributed by atoms with van der Waals surface area (Å²) in [5.74, 6) is -0.945. The second-order valence-corrected chi connectivity index (χ2v) is 7.63. The van der Waals surface area contributed by atoms with Crippen LogP contribution in [0.15, 0.2) is 53.3 Å². The van der Waals surface area contributed by atoms with E-state index in [0.29, 0.717) is 27.9 Å². The van der Waals surface area contributed by atoms with E-state index >= 15 is 0 Å². The molecule has 150 valence electrons. The number of Topliss-reactive ketones (excluding diaryl/α,β-unsaturated/α-hetero) is 1. The van der Waals surface area contributed by atoms with Crippen LogP contribution in [-0.4, -0.2) is 27.6 Å². The van der Waals surface area contributed by atoms with Crippen LogP contribution in [0, 0.1) is 5.92 Å². The van der Waals surface area contributed by atoms with Gasteiger partial charge in [-0.3, -0.25) is 9.59 Å². The molecule has 7 heteroatoms. The standard InChI is InChI=1S/C22H21ClN2O4/c1-13(2)12-25-21(27)18-7-5-4-6-17(18)19(24-25)22(28)29-14(3)20(26)15-8-10-16(23)11-9-15/h4-11,13-14H,12H2,1-3H3/t14-/m0/s1. The summed E-state index contributed by atoms with van der Waals surface area (Å²) in [7, 11) is 0. The highest BCUT2D eigenvalue weighted by molar-refractivity contribution is 6.30. The van der Waals surface area contributed by atoms with Crippen molar-refractivity contribution in [2.24, 2.45) is 5.92 Å². The lowest BCUT2D eigenvalue weighted by molar-refractivity contribution is 0.0312. The molecule has 2 aromatic carbocycles. The molecule has 0 N–H and O–H groups in total. The third-order valence-corrected chi connectivity index (χ3v) is 4.63. The fourth-order valence-corrected chi connectivity index (χ4v) is 3.10. The SMILES string of the molecule is CC(C)Cn1nc(C(=O)O[C@@H](C)C(=O)c2ccc(Cl)cc2)c2ccccc2c1=O. The summed E-state index contributed by atoms with van der Waals surface area (Å²) in [6.45, 7) is 5.77. The molecule has 0 aliphatic rings. The Balaban J connectivity index is 1.94. The second kappa shape index (κ2) is 8.57. The van der Waals surface area contributed by atoms with Crippen LogP contribution in [-0.2, 0) is 11.3 Å². The number of ether oxygens (including phenoxy) is 1. The molecule has 0 spiro atoms. The number of carbonyl (C=O) groups is 2. The number of esters is 1. The van der Waals surface area contributed by atoms with Crippen LogP contribution in [0.3, 0.4) is 0 Å². The van der Waals surface area contributed by atoms with Gasteiger partial charge in [-0.1, -0.05) is 43.6 Å². The van der Waals surface area contributed by atoms with E-state index in [1.165, 1.54) is 11.6 Å². The van der Waals surface area contributed by atoms with Crippen molar-refractivity contribution < 1.29 is 14.3 Å². The summed E-state index contributed by atoms with van der Waals surface area (Å²) in [4.78, 5) is 38.1.